The van der Waals surface area contributed by atoms with Crippen LogP contribution in [0.4, 0.5) is 0 Å². The van der Waals surface area contributed by atoms with E-state index in [4.69, 9.17) is 10.2 Å². The van der Waals surface area contributed by atoms with Gasteiger partial charge in [-0.3, -0.25) is 14.5 Å². The molecule has 192 valence electrons. The average molecular weight is 548 g/mol. The largest absolute Gasteiger partial charge is 0.481 e. The summed E-state index contributed by atoms with van der Waals surface area (Å²) in [7, 11) is 0. The highest BCUT2D eigenvalue weighted by molar-refractivity contribution is 9.09. The molecule has 0 amide bonds. The van der Waals surface area contributed by atoms with Gasteiger partial charge in [-0.05, 0) is 63.7 Å². The van der Waals surface area contributed by atoms with Crippen LogP contribution in [0.25, 0.3) is 0 Å². The summed E-state index contributed by atoms with van der Waals surface area (Å²) in [6, 6.07) is 20.9. The van der Waals surface area contributed by atoms with Crippen molar-refractivity contribution in [3.05, 3.63) is 71.8 Å². The molecule has 0 saturated carbocycles. The van der Waals surface area contributed by atoms with E-state index in [9.17, 15) is 9.59 Å². The Morgan fingerprint density at radius 3 is 1.86 bits per heavy atom. The van der Waals surface area contributed by atoms with Crippen LogP contribution >= 0.6 is 15.9 Å². The van der Waals surface area contributed by atoms with Gasteiger partial charge in [-0.25, -0.2) is 0 Å². The minimum absolute atomic E-state index is 0.140. The lowest BCUT2D eigenvalue weighted by Gasteiger charge is -2.35. The maximum Gasteiger partial charge on any atom is 0.307 e. The quantitative estimate of drug-likeness (QED) is 0.413. The van der Waals surface area contributed by atoms with Crippen molar-refractivity contribution in [2.75, 3.05) is 26.2 Å². The fourth-order valence-electron chi connectivity index (χ4n) is 4.28. The molecule has 2 aliphatic heterocycles. The van der Waals surface area contributed by atoms with Gasteiger partial charge < -0.3 is 15.5 Å². The number of carboxylic acids is 2. The smallest absolute Gasteiger partial charge is 0.307 e. The van der Waals surface area contributed by atoms with Gasteiger partial charge in [0.1, 0.15) is 0 Å². The molecule has 0 spiro atoms. The van der Waals surface area contributed by atoms with Gasteiger partial charge in [0.05, 0.1) is 11.8 Å². The first-order valence-corrected chi connectivity index (χ1v) is 13.4. The predicted octanol–water partition coefficient (Wildman–Crippen LogP) is 5.76. The van der Waals surface area contributed by atoms with Gasteiger partial charge in [0.25, 0.3) is 0 Å². The molecule has 35 heavy (non-hydrogen) atoms. The van der Waals surface area contributed by atoms with Crippen LogP contribution in [0, 0.1) is 11.8 Å². The lowest BCUT2D eigenvalue weighted by atomic mass is 9.95. The lowest BCUT2D eigenvalue weighted by Crippen LogP contribution is -2.40. The number of carbonyl (C=O) groups is 2. The van der Waals surface area contributed by atoms with Crippen molar-refractivity contribution in [1.29, 1.82) is 0 Å². The van der Waals surface area contributed by atoms with Crippen LogP contribution in [0.2, 0.25) is 0 Å². The van der Waals surface area contributed by atoms with E-state index >= 15 is 0 Å². The van der Waals surface area contributed by atoms with E-state index < -0.39 is 11.9 Å². The minimum Gasteiger partial charge on any atom is -0.481 e. The third-order valence-electron chi connectivity index (χ3n) is 6.54. The number of hydrogen-bond acceptors (Lipinski definition) is 4. The molecule has 4 rings (SSSR count). The molecule has 2 aromatic rings. The second kappa shape index (κ2) is 15.7. The van der Waals surface area contributed by atoms with E-state index in [1.807, 2.05) is 36.4 Å². The monoisotopic (exact) mass is 546 g/mol. The fraction of sp³-hybridized carbons (Fsp3) is 0.500. The molecule has 0 radical (unpaired) electrons. The SMILES string of the molecule is CC(Br)c1ccccc1.CC(c1ccccc1)N1CCC[C@H](C(=O)O)C1.O=C(O)[C@H]1CCCNC1. The summed E-state index contributed by atoms with van der Waals surface area (Å²) < 4.78 is 0. The number of halogens is 1. The summed E-state index contributed by atoms with van der Waals surface area (Å²) >= 11 is 3.48. The van der Waals surface area contributed by atoms with E-state index in [0.29, 0.717) is 24.0 Å². The van der Waals surface area contributed by atoms with Crippen LogP contribution in [-0.4, -0.2) is 53.2 Å². The van der Waals surface area contributed by atoms with Crippen LogP contribution in [0.3, 0.4) is 0 Å². The van der Waals surface area contributed by atoms with Crippen LogP contribution in [0.15, 0.2) is 60.7 Å². The number of hydrogen-bond donors (Lipinski definition) is 3. The second-order valence-corrected chi connectivity index (χ2v) is 10.5. The Kier molecular flexibility index (Phi) is 13.0. The van der Waals surface area contributed by atoms with Crippen LogP contribution in [0.5, 0.6) is 0 Å². The molecule has 2 saturated heterocycles. The molecule has 2 unspecified atom stereocenters. The van der Waals surface area contributed by atoms with Crippen molar-refractivity contribution in [1.82, 2.24) is 10.2 Å². The molecule has 0 aromatic heterocycles. The first-order valence-electron chi connectivity index (χ1n) is 12.4. The lowest BCUT2D eigenvalue weighted by molar-refractivity contribution is -0.144. The van der Waals surface area contributed by atoms with Gasteiger partial charge in [-0.15, -0.1) is 0 Å². The minimum atomic E-state index is -0.665. The van der Waals surface area contributed by atoms with E-state index in [2.05, 4.69) is 64.3 Å². The average Bonchev–Trinajstić information content (AvgIpc) is 2.90. The first-order chi connectivity index (χ1) is 16.8. The Hall–Kier alpha value is -2.22. The molecule has 2 heterocycles. The molecule has 2 aliphatic rings. The van der Waals surface area contributed by atoms with Gasteiger partial charge in [-0.2, -0.15) is 0 Å². The Labute approximate surface area is 217 Å². The summed E-state index contributed by atoms with van der Waals surface area (Å²) in [6.45, 7) is 7.57. The number of nitrogens with zero attached hydrogens (tertiary/aromatic N) is 1. The number of piperidine rings is 2. The maximum atomic E-state index is 11.0. The number of alkyl halides is 1. The second-order valence-electron chi connectivity index (χ2n) is 9.17. The fourth-order valence-corrected chi connectivity index (χ4v) is 4.59. The number of likely N-dealkylation sites (tertiary alicyclic amines) is 1. The molecule has 3 N–H and O–H groups in total. The molecule has 4 atom stereocenters. The number of carboxylic acid groups (broad SMARTS) is 2. The molecular formula is C28H39BrN2O4. The Bertz CT molecular complexity index is 873. The summed E-state index contributed by atoms with van der Waals surface area (Å²) in [4.78, 5) is 24.1. The zero-order valence-corrected chi connectivity index (χ0v) is 22.4. The maximum absolute atomic E-state index is 11.0. The molecule has 0 aliphatic carbocycles. The normalized spacial score (nSPS) is 21.8. The third kappa shape index (κ3) is 10.5. The van der Waals surface area contributed by atoms with E-state index in [1.54, 1.807) is 0 Å². The van der Waals surface area contributed by atoms with E-state index in [-0.39, 0.29) is 11.8 Å². The van der Waals surface area contributed by atoms with Crippen LogP contribution in [-0.2, 0) is 9.59 Å². The topological polar surface area (TPSA) is 89.9 Å². The van der Waals surface area contributed by atoms with Gasteiger partial charge in [0.15, 0.2) is 0 Å². The Morgan fingerprint density at radius 1 is 0.886 bits per heavy atom. The first kappa shape index (κ1) is 29.0. The Morgan fingerprint density at radius 2 is 1.43 bits per heavy atom. The predicted molar refractivity (Wildman–Crippen MR) is 144 cm³/mol. The number of nitrogens with one attached hydrogen (secondary N) is 1. The molecule has 6 nitrogen and oxygen atoms in total. The van der Waals surface area contributed by atoms with E-state index in [0.717, 1.165) is 38.8 Å². The van der Waals surface area contributed by atoms with Gasteiger partial charge in [0, 0.05) is 24.0 Å². The molecular weight excluding hydrogens is 508 g/mol. The Balaban J connectivity index is 0.000000203. The highest BCUT2D eigenvalue weighted by Gasteiger charge is 2.28. The number of aliphatic carboxylic acids is 2. The highest BCUT2D eigenvalue weighted by atomic mass is 79.9. The number of benzene rings is 2. The van der Waals surface area contributed by atoms with Gasteiger partial charge >= 0.3 is 11.9 Å². The zero-order valence-electron chi connectivity index (χ0n) is 20.8. The highest BCUT2D eigenvalue weighted by Crippen LogP contribution is 2.26. The van der Waals surface area contributed by atoms with Crippen molar-refractivity contribution in [3.8, 4) is 0 Å². The van der Waals surface area contributed by atoms with Crippen LogP contribution in [0.1, 0.15) is 61.5 Å². The van der Waals surface area contributed by atoms with Crippen molar-refractivity contribution in [2.45, 2.75) is 50.4 Å². The summed E-state index contributed by atoms with van der Waals surface area (Å²) in [5, 5.41) is 20.6. The van der Waals surface area contributed by atoms with Crippen molar-refractivity contribution < 1.29 is 19.8 Å². The van der Waals surface area contributed by atoms with Crippen molar-refractivity contribution >= 4 is 27.9 Å². The summed E-state index contributed by atoms with van der Waals surface area (Å²) in [5.74, 6) is -1.66. The molecule has 7 heteroatoms. The third-order valence-corrected chi connectivity index (χ3v) is 7.07. The van der Waals surface area contributed by atoms with E-state index in [1.165, 1.54) is 11.1 Å². The standard InChI is InChI=1S/C14H19NO2.C8H9Br.C6H11NO2/c1-11(12-6-3-2-4-7-12)15-9-5-8-13(10-15)14(16)17;1-7(9)8-5-3-2-4-6-8;8-6(9)5-2-1-3-7-4-5/h2-4,6-7,11,13H,5,8-10H2,1H3,(H,16,17);2-7H,1H3;5,7H,1-4H2,(H,8,9)/t11?,13-;;5-/m0.0/s1. The molecule has 0 bridgehead atoms. The van der Waals surface area contributed by atoms with Crippen molar-refractivity contribution in [2.24, 2.45) is 11.8 Å². The molecule has 2 aromatic carbocycles. The molecule has 2 fully saturated rings. The van der Waals surface area contributed by atoms with Gasteiger partial charge in [-0.1, -0.05) is 76.6 Å². The zero-order chi connectivity index (χ0) is 25.6. The van der Waals surface area contributed by atoms with Gasteiger partial charge in [0.2, 0.25) is 0 Å². The number of rotatable bonds is 5. The summed E-state index contributed by atoms with van der Waals surface area (Å²) in [5.41, 5.74) is 2.59. The summed E-state index contributed by atoms with van der Waals surface area (Å²) in [6.07, 6.45) is 3.63. The van der Waals surface area contributed by atoms with Crippen LogP contribution < -0.4 is 5.32 Å². The van der Waals surface area contributed by atoms with Crippen molar-refractivity contribution in [3.63, 3.8) is 0 Å².